The Morgan fingerprint density at radius 1 is 1.26 bits per heavy atom. The first-order valence-corrected chi connectivity index (χ1v) is 6.44. The molecule has 0 bridgehead atoms. The van der Waals surface area contributed by atoms with Crippen LogP contribution in [-0.4, -0.2) is 31.6 Å². The van der Waals surface area contributed by atoms with Gasteiger partial charge in [-0.05, 0) is 25.5 Å². The van der Waals surface area contributed by atoms with Crippen molar-refractivity contribution >= 4 is 29.1 Å². The molecule has 0 radical (unpaired) electrons. The summed E-state index contributed by atoms with van der Waals surface area (Å²) in [4.78, 5) is 23.1. The highest BCUT2D eigenvalue weighted by Gasteiger charge is 2.13. The van der Waals surface area contributed by atoms with Crippen molar-refractivity contribution in [2.45, 2.75) is 13.3 Å². The van der Waals surface area contributed by atoms with Gasteiger partial charge < -0.3 is 15.4 Å². The number of amides is 2. The molecule has 0 atom stereocenters. The lowest BCUT2D eigenvalue weighted by Gasteiger charge is -2.07. The molecular weight excluding hydrogens is 268 g/mol. The number of ether oxygens (including phenoxy) is 1. The highest BCUT2D eigenvalue weighted by Crippen LogP contribution is 2.19. The summed E-state index contributed by atoms with van der Waals surface area (Å²) in [6.45, 7) is 3.49. The number of carbonyl (C=O) groups excluding carboxylic acids is 2. The Morgan fingerprint density at radius 3 is 2.68 bits per heavy atom. The molecule has 0 heterocycles. The minimum atomic E-state index is -0.732. The first-order valence-electron chi connectivity index (χ1n) is 6.06. The Bertz CT molecular complexity index is 438. The van der Waals surface area contributed by atoms with Gasteiger partial charge in [0.25, 0.3) is 0 Å². The molecule has 1 aromatic rings. The van der Waals surface area contributed by atoms with E-state index in [1.807, 2.05) is 6.92 Å². The number of rotatable bonds is 6. The molecule has 0 spiro atoms. The minimum absolute atomic E-state index is 0.389. The Morgan fingerprint density at radius 2 is 2.00 bits per heavy atom. The molecule has 2 amide bonds. The summed E-state index contributed by atoms with van der Waals surface area (Å²) in [7, 11) is 0. The summed E-state index contributed by atoms with van der Waals surface area (Å²) in [5.41, 5.74) is 0.415. The van der Waals surface area contributed by atoms with Gasteiger partial charge in [0.05, 0.1) is 10.7 Å². The molecule has 0 fully saturated rings. The van der Waals surface area contributed by atoms with Gasteiger partial charge in [0, 0.05) is 19.8 Å². The second kappa shape index (κ2) is 8.50. The van der Waals surface area contributed by atoms with E-state index in [9.17, 15) is 9.59 Å². The smallest absolute Gasteiger partial charge is 0.313 e. The van der Waals surface area contributed by atoms with E-state index in [2.05, 4.69) is 10.6 Å². The van der Waals surface area contributed by atoms with Crippen molar-refractivity contribution in [2.75, 3.05) is 25.1 Å². The molecule has 0 aromatic heterocycles. The Kier molecular flexibility index (Phi) is 6.92. The number of carbonyl (C=O) groups is 2. The van der Waals surface area contributed by atoms with E-state index in [1.54, 1.807) is 24.3 Å². The molecule has 19 heavy (non-hydrogen) atoms. The zero-order valence-electron chi connectivity index (χ0n) is 10.7. The van der Waals surface area contributed by atoms with Crippen LogP contribution < -0.4 is 10.6 Å². The fraction of sp³-hybridized carbons (Fsp3) is 0.385. The molecule has 1 aromatic carbocycles. The van der Waals surface area contributed by atoms with Gasteiger partial charge in [-0.3, -0.25) is 9.59 Å². The number of halogens is 1. The van der Waals surface area contributed by atoms with Crippen LogP contribution in [0, 0.1) is 0 Å². The van der Waals surface area contributed by atoms with Crippen LogP contribution in [0.15, 0.2) is 24.3 Å². The van der Waals surface area contributed by atoms with E-state index in [0.717, 1.165) is 0 Å². The molecule has 0 aliphatic heterocycles. The minimum Gasteiger partial charge on any atom is -0.382 e. The summed E-state index contributed by atoms with van der Waals surface area (Å²) < 4.78 is 5.12. The average molecular weight is 285 g/mol. The predicted molar refractivity (Wildman–Crippen MR) is 74.2 cm³/mol. The molecule has 0 aliphatic rings. The molecule has 0 aliphatic carbocycles. The highest BCUT2D eigenvalue weighted by atomic mass is 35.5. The molecule has 6 heteroatoms. The third-order valence-corrected chi connectivity index (χ3v) is 2.61. The Labute approximate surface area is 117 Å². The molecule has 0 unspecified atom stereocenters. The lowest BCUT2D eigenvalue weighted by molar-refractivity contribution is -0.136. The fourth-order valence-corrected chi connectivity index (χ4v) is 1.53. The van der Waals surface area contributed by atoms with Crippen LogP contribution in [0.25, 0.3) is 0 Å². The molecule has 104 valence electrons. The van der Waals surface area contributed by atoms with Crippen molar-refractivity contribution in [1.29, 1.82) is 0 Å². The maximum atomic E-state index is 11.6. The average Bonchev–Trinajstić information content (AvgIpc) is 2.41. The third-order valence-electron chi connectivity index (χ3n) is 2.28. The van der Waals surface area contributed by atoms with Gasteiger partial charge in [0.2, 0.25) is 0 Å². The van der Waals surface area contributed by atoms with Crippen molar-refractivity contribution < 1.29 is 14.3 Å². The number of anilines is 1. The van der Waals surface area contributed by atoms with Gasteiger partial charge >= 0.3 is 11.8 Å². The van der Waals surface area contributed by atoms with Crippen LogP contribution in [0.2, 0.25) is 5.02 Å². The van der Waals surface area contributed by atoms with Gasteiger partial charge in [0.1, 0.15) is 0 Å². The van der Waals surface area contributed by atoms with Gasteiger partial charge in [-0.1, -0.05) is 23.7 Å². The molecular formula is C13H17ClN2O3. The normalized spacial score (nSPS) is 10.0. The molecule has 1 rings (SSSR count). The van der Waals surface area contributed by atoms with Gasteiger partial charge in [0.15, 0.2) is 0 Å². The monoisotopic (exact) mass is 284 g/mol. The van der Waals surface area contributed by atoms with E-state index < -0.39 is 11.8 Å². The van der Waals surface area contributed by atoms with Crippen molar-refractivity contribution in [3.8, 4) is 0 Å². The number of nitrogens with one attached hydrogen (secondary N) is 2. The SMILES string of the molecule is CCOCCCNC(=O)C(=O)Nc1ccccc1Cl. The molecule has 2 N–H and O–H groups in total. The lowest BCUT2D eigenvalue weighted by Crippen LogP contribution is -2.36. The van der Waals surface area contributed by atoms with Crippen molar-refractivity contribution in [2.24, 2.45) is 0 Å². The van der Waals surface area contributed by atoms with Crippen LogP contribution >= 0.6 is 11.6 Å². The van der Waals surface area contributed by atoms with Crippen molar-refractivity contribution in [3.05, 3.63) is 29.3 Å². The Balaban J connectivity index is 2.33. The largest absolute Gasteiger partial charge is 0.382 e. The standard InChI is InChI=1S/C13H17ClN2O3/c1-2-19-9-5-8-15-12(17)13(18)16-11-7-4-3-6-10(11)14/h3-4,6-7H,2,5,8-9H2,1H3,(H,15,17)(H,16,18). The molecule has 0 saturated heterocycles. The zero-order chi connectivity index (χ0) is 14.1. The van der Waals surface area contributed by atoms with E-state index in [1.165, 1.54) is 0 Å². The van der Waals surface area contributed by atoms with Crippen LogP contribution in [-0.2, 0) is 14.3 Å². The van der Waals surface area contributed by atoms with Crippen LogP contribution in [0.1, 0.15) is 13.3 Å². The summed E-state index contributed by atoms with van der Waals surface area (Å²) in [5, 5.41) is 5.34. The number of para-hydroxylation sites is 1. The summed E-state index contributed by atoms with van der Waals surface area (Å²) in [5.74, 6) is -1.42. The van der Waals surface area contributed by atoms with E-state index >= 15 is 0 Å². The van der Waals surface area contributed by atoms with E-state index in [0.29, 0.717) is 36.9 Å². The summed E-state index contributed by atoms with van der Waals surface area (Å²) in [6, 6.07) is 6.73. The maximum Gasteiger partial charge on any atom is 0.313 e. The maximum absolute atomic E-state index is 11.6. The number of hydrogen-bond donors (Lipinski definition) is 2. The van der Waals surface area contributed by atoms with Crippen molar-refractivity contribution in [1.82, 2.24) is 5.32 Å². The van der Waals surface area contributed by atoms with Crippen LogP contribution in [0.3, 0.4) is 0 Å². The molecule has 5 nitrogen and oxygen atoms in total. The number of hydrogen-bond acceptors (Lipinski definition) is 3. The summed E-state index contributed by atoms with van der Waals surface area (Å²) >= 11 is 5.87. The lowest BCUT2D eigenvalue weighted by atomic mass is 10.3. The van der Waals surface area contributed by atoms with Gasteiger partial charge in [-0.2, -0.15) is 0 Å². The topological polar surface area (TPSA) is 67.4 Å². The third kappa shape index (κ3) is 5.72. The van der Waals surface area contributed by atoms with Crippen LogP contribution in [0.4, 0.5) is 5.69 Å². The van der Waals surface area contributed by atoms with E-state index in [-0.39, 0.29) is 0 Å². The van der Waals surface area contributed by atoms with Crippen LogP contribution in [0.5, 0.6) is 0 Å². The van der Waals surface area contributed by atoms with Gasteiger partial charge in [-0.25, -0.2) is 0 Å². The van der Waals surface area contributed by atoms with E-state index in [4.69, 9.17) is 16.3 Å². The second-order valence-electron chi connectivity index (χ2n) is 3.74. The first-order chi connectivity index (χ1) is 9.15. The quantitative estimate of drug-likeness (QED) is 0.618. The highest BCUT2D eigenvalue weighted by molar-refractivity contribution is 6.41. The predicted octanol–water partition coefficient (Wildman–Crippen LogP) is 1.82. The number of benzene rings is 1. The first kappa shape index (κ1) is 15.5. The second-order valence-corrected chi connectivity index (χ2v) is 4.15. The Hall–Kier alpha value is -1.59. The molecule has 0 saturated carbocycles. The fourth-order valence-electron chi connectivity index (χ4n) is 1.34. The van der Waals surface area contributed by atoms with Gasteiger partial charge in [-0.15, -0.1) is 0 Å². The zero-order valence-corrected chi connectivity index (χ0v) is 11.5. The summed E-state index contributed by atoms with van der Waals surface area (Å²) in [6.07, 6.45) is 0.666. The van der Waals surface area contributed by atoms with Crippen molar-refractivity contribution in [3.63, 3.8) is 0 Å².